The molecule has 146 valence electrons. The van der Waals surface area contributed by atoms with Gasteiger partial charge in [-0.3, -0.25) is 0 Å². The molecule has 2 aromatic heterocycles. The van der Waals surface area contributed by atoms with Crippen molar-refractivity contribution in [3.63, 3.8) is 0 Å². The number of aromatic hydroxyl groups is 1. The average Bonchev–Trinajstić information content (AvgIpc) is 3.37. The summed E-state index contributed by atoms with van der Waals surface area (Å²) in [5.74, 6) is 1.61. The minimum absolute atomic E-state index is 0.178. The van der Waals surface area contributed by atoms with Crippen molar-refractivity contribution in [1.29, 1.82) is 0 Å². The number of halogens is 1. The molecule has 1 aliphatic heterocycles. The van der Waals surface area contributed by atoms with Crippen molar-refractivity contribution in [1.82, 2.24) is 19.8 Å². The molecule has 6 nitrogen and oxygen atoms in total. The van der Waals surface area contributed by atoms with Gasteiger partial charge in [-0.1, -0.05) is 24.3 Å². The van der Waals surface area contributed by atoms with Crippen molar-refractivity contribution in [3.05, 3.63) is 83.4 Å². The maximum atomic E-state index is 13.3. The van der Waals surface area contributed by atoms with Gasteiger partial charge in [-0.15, -0.1) is 15.3 Å². The minimum atomic E-state index is -0.221. The van der Waals surface area contributed by atoms with E-state index >= 15 is 0 Å². The first kappa shape index (κ1) is 17.6. The molecule has 1 N–H and O–H groups in total. The number of phenolic OH excluding ortho intramolecular Hbond substituents is 1. The smallest absolute Gasteiger partial charge is 0.178 e. The van der Waals surface area contributed by atoms with E-state index in [0.29, 0.717) is 12.1 Å². The number of fused-ring (bicyclic) bond motifs is 1. The summed E-state index contributed by atoms with van der Waals surface area (Å²) in [6, 6.07) is 17.9. The zero-order chi connectivity index (χ0) is 19.8. The minimum Gasteiger partial charge on any atom is -0.508 e. The van der Waals surface area contributed by atoms with Crippen LogP contribution in [0, 0.1) is 5.82 Å². The zero-order valence-corrected chi connectivity index (χ0v) is 15.7. The largest absolute Gasteiger partial charge is 0.508 e. The molecule has 0 amide bonds. The van der Waals surface area contributed by atoms with E-state index in [1.54, 1.807) is 16.6 Å². The fourth-order valence-corrected chi connectivity index (χ4v) is 3.96. The first-order chi connectivity index (χ1) is 14.2. The normalized spacial score (nSPS) is 16.6. The molecule has 4 aromatic rings. The molecular weight excluding hydrogens is 369 g/mol. The van der Waals surface area contributed by atoms with E-state index in [2.05, 4.69) is 15.1 Å². The van der Waals surface area contributed by atoms with Crippen LogP contribution in [0.3, 0.4) is 0 Å². The van der Waals surface area contributed by atoms with Gasteiger partial charge in [0, 0.05) is 13.0 Å². The molecule has 1 saturated heterocycles. The summed E-state index contributed by atoms with van der Waals surface area (Å²) in [6.45, 7) is 0.899. The maximum Gasteiger partial charge on any atom is 0.178 e. The summed E-state index contributed by atoms with van der Waals surface area (Å²) < 4.78 is 15.1. The third kappa shape index (κ3) is 3.40. The second kappa shape index (κ2) is 7.16. The molecule has 29 heavy (non-hydrogen) atoms. The number of aromatic nitrogens is 4. The lowest BCUT2D eigenvalue weighted by Crippen LogP contribution is -2.24. The van der Waals surface area contributed by atoms with E-state index < -0.39 is 0 Å². The van der Waals surface area contributed by atoms with Gasteiger partial charge >= 0.3 is 0 Å². The van der Waals surface area contributed by atoms with Gasteiger partial charge in [0.2, 0.25) is 0 Å². The quantitative estimate of drug-likeness (QED) is 0.573. The molecule has 1 aliphatic rings. The van der Waals surface area contributed by atoms with Crippen molar-refractivity contribution < 1.29 is 9.50 Å². The van der Waals surface area contributed by atoms with Crippen molar-refractivity contribution in [2.24, 2.45) is 0 Å². The van der Waals surface area contributed by atoms with Gasteiger partial charge in [-0.2, -0.15) is 4.52 Å². The highest BCUT2D eigenvalue weighted by Gasteiger charge is 2.27. The number of anilines is 1. The fourth-order valence-electron chi connectivity index (χ4n) is 3.96. The third-order valence-electron chi connectivity index (χ3n) is 5.41. The lowest BCUT2D eigenvalue weighted by atomic mass is 10.0. The Kier molecular flexibility index (Phi) is 4.35. The number of phenols is 1. The van der Waals surface area contributed by atoms with Gasteiger partial charge in [-0.05, 0) is 60.4 Å². The van der Waals surface area contributed by atoms with Gasteiger partial charge in [0.1, 0.15) is 17.4 Å². The van der Waals surface area contributed by atoms with Crippen molar-refractivity contribution >= 4 is 11.5 Å². The molecule has 3 heterocycles. The zero-order valence-electron chi connectivity index (χ0n) is 15.7. The van der Waals surface area contributed by atoms with E-state index in [-0.39, 0.29) is 17.6 Å². The van der Waals surface area contributed by atoms with Gasteiger partial charge in [0.15, 0.2) is 11.5 Å². The SMILES string of the molecule is Oc1ccc(Cc2nnc3ccc(N4CCCC4c4ccc(F)cc4)nn23)cc1. The predicted molar refractivity (Wildman–Crippen MR) is 107 cm³/mol. The van der Waals surface area contributed by atoms with Crippen LogP contribution < -0.4 is 4.90 Å². The fraction of sp³-hybridized carbons (Fsp3) is 0.227. The Morgan fingerprint density at radius 3 is 2.55 bits per heavy atom. The monoisotopic (exact) mass is 389 g/mol. The van der Waals surface area contributed by atoms with Crippen LogP contribution in [0.25, 0.3) is 5.65 Å². The highest BCUT2D eigenvalue weighted by Crippen LogP contribution is 2.35. The molecule has 5 rings (SSSR count). The van der Waals surface area contributed by atoms with E-state index in [4.69, 9.17) is 5.10 Å². The molecule has 0 aliphatic carbocycles. The summed E-state index contributed by atoms with van der Waals surface area (Å²) in [6.07, 6.45) is 2.64. The van der Waals surface area contributed by atoms with E-state index in [1.807, 2.05) is 36.4 Å². The standard InChI is InChI=1S/C22H20FN5O/c23-17-7-5-16(6-8-17)19-2-1-13-27(19)21-12-11-20-24-25-22(28(20)26-21)14-15-3-9-18(29)10-4-15/h3-12,19,29H,1-2,13-14H2. The van der Waals surface area contributed by atoms with Gasteiger partial charge < -0.3 is 10.0 Å². The highest BCUT2D eigenvalue weighted by molar-refractivity contribution is 5.49. The molecule has 0 bridgehead atoms. The lowest BCUT2D eigenvalue weighted by molar-refractivity contribution is 0.475. The van der Waals surface area contributed by atoms with E-state index in [0.717, 1.165) is 42.2 Å². The Labute approximate surface area is 167 Å². The maximum absolute atomic E-state index is 13.3. The molecule has 1 fully saturated rings. The first-order valence-electron chi connectivity index (χ1n) is 9.69. The Morgan fingerprint density at radius 1 is 0.966 bits per heavy atom. The summed E-state index contributed by atoms with van der Waals surface area (Å²) in [5, 5.41) is 22.8. The van der Waals surface area contributed by atoms with Crippen LogP contribution in [-0.2, 0) is 6.42 Å². The Balaban J connectivity index is 1.47. The van der Waals surface area contributed by atoms with Crippen LogP contribution in [0.5, 0.6) is 5.75 Å². The Bertz CT molecular complexity index is 1140. The van der Waals surface area contributed by atoms with Crippen LogP contribution in [0.1, 0.15) is 35.8 Å². The molecule has 0 saturated carbocycles. The topological polar surface area (TPSA) is 66.6 Å². The van der Waals surface area contributed by atoms with Crippen LogP contribution in [0.2, 0.25) is 0 Å². The van der Waals surface area contributed by atoms with Crippen LogP contribution in [0.15, 0.2) is 60.7 Å². The molecular formula is C22H20FN5O. The van der Waals surface area contributed by atoms with Gasteiger partial charge in [0.05, 0.1) is 6.04 Å². The molecule has 1 unspecified atom stereocenters. The van der Waals surface area contributed by atoms with Crippen molar-refractivity contribution in [3.8, 4) is 5.75 Å². The Morgan fingerprint density at radius 2 is 1.76 bits per heavy atom. The number of rotatable bonds is 4. The van der Waals surface area contributed by atoms with Crippen LogP contribution in [-0.4, -0.2) is 31.5 Å². The van der Waals surface area contributed by atoms with Crippen LogP contribution >= 0.6 is 0 Å². The molecule has 1 atom stereocenters. The molecule has 0 radical (unpaired) electrons. The second-order valence-electron chi connectivity index (χ2n) is 7.32. The van der Waals surface area contributed by atoms with Gasteiger partial charge in [0.25, 0.3) is 0 Å². The third-order valence-corrected chi connectivity index (χ3v) is 5.41. The number of hydrogen-bond donors (Lipinski definition) is 1. The molecule has 0 spiro atoms. The van der Waals surface area contributed by atoms with E-state index in [1.165, 1.54) is 12.1 Å². The van der Waals surface area contributed by atoms with E-state index in [9.17, 15) is 9.50 Å². The number of hydrogen-bond acceptors (Lipinski definition) is 5. The van der Waals surface area contributed by atoms with Crippen molar-refractivity contribution in [2.45, 2.75) is 25.3 Å². The molecule has 7 heteroatoms. The first-order valence-corrected chi connectivity index (χ1v) is 9.69. The Hall–Kier alpha value is -3.48. The number of benzene rings is 2. The van der Waals surface area contributed by atoms with Gasteiger partial charge in [-0.25, -0.2) is 4.39 Å². The average molecular weight is 389 g/mol. The summed E-state index contributed by atoms with van der Waals surface area (Å²) >= 11 is 0. The second-order valence-corrected chi connectivity index (χ2v) is 7.32. The highest BCUT2D eigenvalue weighted by atomic mass is 19.1. The number of nitrogens with zero attached hydrogens (tertiary/aromatic N) is 5. The summed E-state index contributed by atoms with van der Waals surface area (Å²) in [5.41, 5.74) is 2.81. The van der Waals surface area contributed by atoms with Crippen LogP contribution in [0.4, 0.5) is 10.2 Å². The molecule has 2 aromatic carbocycles. The lowest BCUT2D eigenvalue weighted by Gasteiger charge is -2.26. The predicted octanol–water partition coefficient (Wildman–Crippen LogP) is 3.90. The summed E-state index contributed by atoms with van der Waals surface area (Å²) in [7, 11) is 0. The summed E-state index contributed by atoms with van der Waals surface area (Å²) in [4.78, 5) is 2.26. The van der Waals surface area contributed by atoms with Crippen molar-refractivity contribution in [2.75, 3.05) is 11.4 Å².